The van der Waals surface area contributed by atoms with Crippen LogP contribution in [0.15, 0.2) is 16.5 Å². The van der Waals surface area contributed by atoms with Crippen molar-refractivity contribution in [1.29, 1.82) is 0 Å². The maximum Gasteiger partial charge on any atom is 0.131 e. The Balaban J connectivity index is 0.000000371. The summed E-state index contributed by atoms with van der Waals surface area (Å²) in [6.45, 7) is 7.96. The van der Waals surface area contributed by atoms with Gasteiger partial charge in [0, 0.05) is 12.6 Å². The standard InChI is InChI=1S/C6H9NO.C2H6/c1-5-3-4-7-8-6(5)2;1-2/h4H,3H2,1-2H3;1-2H3. The van der Waals surface area contributed by atoms with Crippen LogP contribution >= 0.6 is 0 Å². The highest BCUT2D eigenvalue weighted by Gasteiger charge is 1.99. The summed E-state index contributed by atoms with van der Waals surface area (Å²) in [4.78, 5) is 4.84. The van der Waals surface area contributed by atoms with E-state index in [0.29, 0.717) is 0 Å². The smallest absolute Gasteiger partial charge is 0.131 e. The zero-order valence-electron chi connectivity index (χ0n) is 7.14. The molecule has 2 nitrogen and oxygen atoms in total. The van der Waals surface area contributed by atoms with Gasteiger partial charge >= 0.3 is 0 Å². The van der Waals surface area contributed by atoms with Crippen molar-refractivity contribution < 1.29 is 4.84 Å². The van der Waals surface area contributed by atoms with Gasteiger partial charge in [-0.25, -0.2) is 0 Å². The van der Waals surface area contributed by atoms with E-state index in [4.69, 9.17) is 4.84 Å². The maximum atomic E-state index is 4.84. The number of nitrogens with zero attached hydrogens (tertiary/aromatic N) is 1. The highest BCUT2D eigenvalue weighted by molar-refractivity contribution is 5.61. The lowest BCUT2D eigenvalue weighted by Gasteiger charge is -2.06. The maximum absolute atomic E-state index is 4.84. The first-order valence-electron chi connectivity index (χ1n) is 3.66. The molecule has 0 fully saturated rings. The van der Waals surface area contributed by atoms with Gasteiger partial charge in [-0.1, -0.05) is 19.0 Å². The Labute approximate surface area is 62.6 Å². The molecular weight excluding hydrogens is 126 g/mol. The molecule has 0 amide bonds. The molecule has 1 rings (SSSR count). The molecular formula is C8H15NO. The lowest BCUT2D eigenvalue weighted by Crippen LogP contribution is -1.93. The molecule has 0 saturated carbocycles. The van der Waals surface area contributed by atoms with Crippen molar-refractivity contribution >= 4 is 6.21 Å². The Bertz CT molecular complexity index is 131. The van der Waals surface area contributed by atoms with E-state index in [9.17, 15) is 0 Å². The van der Waals surface area contributed by atoms with Crippen LogP contribution < -0.4 is 0 Å². The highest BCUT2D eigenvalue weighted by Crippen LogP contribution is 2.11. The largest absolute Gasteiger partial charge is 0.362 e. The van der Waals surface area contributed by atoms with Crippen molar-refractivity contribution in [1.82, 2.24) is 0 Å². The molecule has 0 aromatic rings. The second kappa shape index (κ2) is 5.03. The summed E-state index contributed by atoms with van der Waals surface area (Å²) < 4.78 is 0. The first-order chi connectivity index (χ1) is 4.80. The van der Waals surface area contributed by atoms with E-state index in [1.165, 1.54) is 5.57 Å². The number of hydrogen-bond acceptors (Lipinski definition) is 2. The first-order valence-corrected chi connectivity index (χ1v) is 3.66. The monoisotopic (exact) mass is 141 g/mol. The average Bonchev–Trinajstić information content (AvgIpc) is 2.00. The fraction of sp³-hybridized carbons (Fsp3) is 0.625. The summed E-state index contributed by atoms with van der Waals surface area (Å²) in [5, 5.41) is 3.63. The molecule has 0 spiro atoms. The minimum absolute atomic E-state index is 0.936. The van der Waals surface area contributed by atoms with Gasteiger partial charge in [-0.2, -0.15) is 0 Å². The summed E-state index contributed by atoms with van der Waals surface area (Å²) in [5.41, 5.74) is 1.26. The Kier molecular flexibility index (Phi) is 4.63. The fourth-order valence-corrected chi connectivity index (χ4v) is 0.512. The second-order valence-electron chi connectivity index (χ2n) is 1.92. The first kappa shape index (κ1) is 9.21. The third-order valence-electron chi connectivity index (χ3n) is 1.26. The molecule has 0 aromatic heterocycles. The quantitative estimate of drug-likeness (QED) is 0.508. The highest BCUT2D eigenvalue weighted by atomic mass is 16.6. The van der Waals surface area contributed by atoms with Crippen LogP contribution in [0.25, 0.3) is 0 Å². The lowest BCUT2D eigenvalue weighted by atomic mass is 10.2. The molecule has 58 valence electrons. The van der Waals surface area contributed by atoms with Gasteiger partial charge in [-0.05, 0) is 19.4 Å². The van der Waals surface area contributed by atoms with E-state index < -0.39 is 0 Å². The van der Waals surface area contributed by atoms with Gasteiger partial charge in [0.2, 0.25) is 0 Å². The molecule has 0 radical (unpaired) electrons. The summed E-state index contributed by atoms with van der Waals surface area (Å²) in [7, 11) is 0. The third kappa shape index (κ3) is 2.67. The molecule has 2 heteroatoms. The zero-order chi connectivity index (χ0) is 7.98. The molecule has 0 atom stereocenters. The van der Waals surface area contributed by atoms with Gasteiger partial charge in [0.15, 0.2) is 0 Å². The Morgan fingerprint density at radius 2 is 2.00 bits per heavy atom. The summed E-state index contributed by atoms with van der Waals surface area (Å²) in [5.74, 6) is 0.938. The normalized spacial score (nSPS) is 15.6. The van der Waals surface area contributed by atoms with Crippen LogP contribution in [0, 0.1) is 0 Å². The van der Waals surface area contributed by atoms with Gasteiger partial charge in [0.25, 0.3) is 0 Å². The zero-order valence-corrected chi connectivity index (χ0v) is 7.14. The molecule has 0 N–H and O–H groups in total. The molecule has 0 bridgehead atoms. The van der Waals surface area contributed by atoms with Crippen molar-refractivity contribution in [2.75, 3.05) is 0 Å². The van der Waals surface area contributed by atoms with Crippen LogP contribution in [0.1, 0.15) is 34.1 Å². The van der Waals surface area contributed by atoms with Crippen molar-refractivity contribution in [2.24, 2.45) is 5.16 Å². The predicted octanol–water partition coefficient (Wildman–Crippen LogP) is 2.71. The number of rotatable bonds is 0. The van der Waals surface area contributed by atoms with E-state index >= 15 is 0 Å². The van der Waals surface area contributed by atoms with Crippen LogP contribution in [0.4, 0.5) is 0 Å². The molecule has 0 aromatic carbocycles. The van der Waals surface area contributed by atoms with Crippen LogP contribution in [-0.2, 0) is 4.84 Å². The van der Waals surface area contributed by atoms with Gasteiger partial charge in [0.05, 0.1) is 0 Å². The topological polar surface area (TPSA) is 21.6 Å². The van der Waals surface area contributed by atoms with Crippen molar-refractivity contribution in [3.05, 3.63) is 11.3 Å². The van der Waals surface area contributed by atoms with E-state index in [0.717, 1.165) is 12.2 Å². The Morgan fingerprint density at radius 1 is 1.40 bits per heavy atom. The third-order valence-corrected chi connectivity index (χ3v) is 1.26. The van der Waals surface area contributed by atoms with Crippen LogP contribution in [0.5, 0.6) is 0 Å². The van der Waals surface area contributed by atoms with E-state index in [-0.39, 0.29) is 0 Å². The summed E-state index contributed by atoms with van der Waals surface area (Å²) >= 11 is 0. The van der Waals surface area contributed by atoms with E-state index in [2.05, 4.69) is 5.16 Å². The molecule has 0 aliphatic carbocycles. The van der Waals surface area contributed by atoms with Crippen molar-refractivity contribution in [3.8, 4) is 0 Å². The van der Waals surface area contributed by atoms with Crippen LogP contribution in [0.3, 0.4) is 0 Å². The molecule has 1 aliphatic heterocycles. The number of hydrogen-bond donors (Lipinski definition) is 0. The second-order valence-corrected chi connectivity index (χ2v) is 1.92. The molecule has 0 unspecified atom stereocenters. The van der Waals surface area contributed by atoms with Crippen molar-refractivity contribution in [3.63, 3.8) is 0 Å². The van der Waals surface area contributed by atoms with Gasteiger partial charge in [0.1, 0.15) is 5.76 Å². The Morgan fingerprint density at radius 3 is 2.30 bits per heavy atom. The van der Waals surface area contributed by atoms with Gasteiger partial charge in [-0.15, -0.1) is 0 Å². The minimum Gasteiger partial charge on any atom is -0.362 e. The molecule has 1 aliphatic rings. The molecule has 1 heterocycles. The predicted molar refractivity (Wildman–Crippen MR) is 43.9 cm³/mol. The summed E-state index contributed by atoms with van der Waals surface area (Å²) in [6.07, 6.45) is 2.70. The van der Waals surface area contributed by atoms with Gasteiger partial charge in [-0.3, -0.25) is 0 Å². The van der Waals surface area contributed by atoms with Crippen LogP contribution in [-0.4, -0.2) is 6.21 Å². The number of allylic oxidation sites excluding steroid dienone is 2. The van der Waals surface area contributed by atoms with Gasteiger partial charge < -0.3 is 4.84 Å². The summed E-state index contributed by atoms with van der Waals surface area (Å²) in [6, 6.07) is 0. The molecule has 10 heavy (non-hydrogen) atoms. The van der Waals surface area contributed by atoms with Crippen LogP contribution in [0.2, 0.25) is 0 Å². The average molecular weight is 141 g/mol. The number of oxime groups is 1. The fourth-order valence-electron chi connectivity index (χ4n) is 0.512. The van der Waals surface area contributed by atoms with Crippen molar-refractivity contribution in [2.45, 2.75) is 34.1 Å². The van der Waals surface area contributed by atoms with E-state index in [1.54, 1.807) is 6.21 Å². The Hall–Kier alpha value is -0.790. The van der Waals surface area contributed by atoms with E-state index in [1.807, 2.05) is 27.7 Å². The lowest BCUT2D eigenvalue weighted by molar-refractivity contribution is 0.221. The minimum atomic E-state index is 0.936. The molecule has 0 saturated heterocycles. The SMILES string of the molecule is CC.CC1=C(C)ON=CC1.